The summed E-state index contributed by atoms with van der Waals surface area (Å²) in [6.45, 7) is 5.87. The van der Waals surface area contributed by atoms with Gasteiger partial charge in [-0.25, -0.2) is 9.69 Å². The van der Waals surface area contributed by atoms with Gasteiger partial charge >= 0.3 is 6.03 Å². The van der Waals surface area contributed by atoms with Crippen LogP contribution in [0.2, 0.25) is 10.0 Å². The lowest BCUT2D eigenvalue weighted by molar-refractivity contribution is -0.122. The zero-order chi connectivity index (χ0) is 24.6. The number of carbonyl (C=O) groups excluding carboxylic acids is 3. The lowest BCUT2D eigenvalue weighted by atomic mass is 10.1. The van der Waals surface area contributed by atoms with E-state index < -0.39 is 17.8 Å². The van der Waals surface area contributed by atoms with Crippen molar-refractivity contribution in [1.82, 2.24) is 9.88 Å². The lowest BCUT2D eigenvalue weighted by Crippen LogP contribution is -2.54. The van der Waals surface area contributed by atoms with Gasteiger partial charge in [0.1, 0.15) is 11.3 Å². The molecular formula is C25H21Cl2N3O4. The molecule has 2 aromatic carbocycles. The largest absolute Gasteiger partial charge is 0.492 e. The molecule has 2 heterocycles. The Morgan fingerprint density at radius 3 is 2.47 bits per heavy atom. The maximum Gasteiger partial charge on any atom is 0.336 e. The topological polar surface area (TPSA) is 80.6 Å². The van der Waals surface area contributed by atoms with Gasteiger partial charge in [0, 0.05) is 16.4 Å². The number of aryl methyl sites for hydroxylation is 1. The van der Waals surface area contributed by atoms with Crippen molar-refractivity contribution in [2.24, 2.45) is 0 Å². The number of imide groups is 2. The SMILES string of the molecule is CCOc1ccccc1N1C(=O)NC(=O)/C(=C\c2cc(C)n(-c3cc(Cl)ccc3Cl)c2C)C1=O. The van der Waals surface area contributed by atoms with Crippen LogP contribution in [-0.2, 0) is 9.59 Å². The Morgan fingerprint density at radius 2 is 1.74 bits per heavy atom. The summed E-state index contributed by atoms with van der Waals surface area (Å²) in [7, 11) is 0. The lowest BCUT2D eigenvalue weighted by Gasteiger charge is -2.27. The minimum atomic E-state index is -0.838. The second-order valence-electron chi connectivity index (χ2n) is 7.62. The second-order valence-corrected chi connectivity index (χ2v) is 8.46. The number of rotatable bonds is 5. The van der Waals surface area contributed by atoms with Crippen molar-refractivity contribution in [3.63, 3.8) is 0 Å². The minimum absolute atomic E-state index is 0.177. The van der Waals surface area contributed by atoms with Crippen LogP contribution in [0.25, 0.3) is 11.8 Å². The van der Waals surface area contributed by atoms with Gasteiger partial charge in [0.05, 0.1) is 23.0 Å². The second kappa shape index (κ2) is 9.37. The maximum atomic E-state index is 13.4. The molecule has 1 aliphatic rings. The quantitative estimate of drug-likeness (QED) is 0.374. The number of barbiturate groups is 1. The smallest absolute Gasteiger partial charge is 0.336 e. The predicted octanol–water partition coefficient (Wildman–Crippen LogP) is 5.47. The Labute approximate surface area is 206 Å². The third kappa shape index (κ3) is 4.20. The van der Waals surface area contributed by atoms with Crippen LogP contribution in [0.1, 0.15) is 23.9 Å². The van der Waals surface area contributed by atoms with Crippen LogP contribution in [0.15, 0.2) is 54.1 Å². The number of nitrogens with zero attached hydrogens (tertiary/aromatic N) is 2. The summed E-state index contributed by atoms with van der Waals surface area (Å²) < 4.78 is 7.46. The molecule has 0 aliphatic carbocycles. The molecule has 0 radical (unpaired) electrons. The number of aromatic nitrogens is 1. The first-order valence-corrected chi connectivity index (χ1v) is 11.3. The zero-order valence-electron chi connectivity index (χ0n) is 18.7. The number of amides is 4. The third-order valence-electron chi connectivity index (χ3n) is 5.43. The Hall–Kier alpha value is -3.55. The third-order valence-corrected chi connectivity index (χ3v) is 5.98. The van der Waals surface area contributed by atoms with Crippen LogP contribution in [0.4, 0.5) is 10.5 Å². The van der Waals surface area contributed by atoms with E-state index >= 15 is 0 Å². The molecule has 0 atom stereocenters. The summed E-state index contributed by atoms with van der Waals surface area (Å²) in [4.78, 5) is 39.5. The number of ether oxygens (including phenoxy) is 1. The summed E-state index contributed by atoms with van der Waals surface area (Å²) in [6.07, 6.45) is 1.47. The standard InChI is InChI=1S/C25H21Cl2N3O4/c1-4-34-22-8-6-5-7-20(22)30-24(32)18(23(31)28-25(30)33)12-16-11-14(2)29(15(16)3)21-13-17(26)9-10-19(21)27/h5-13H,4H2,1-3H3,(H,28,31,33)/b18-12+. The number of para-hydroxylation sites is 2. The van der Waals surface area contributed by atoms with Crippen LogP contribution in [0.3, 0.4) is 0 Å². The summed E-state index contributed by atoms with van der Waals surface area (Å²) in [5.41, 5.74) is 2.94. The van der Waals surface area contributed by atoms with Crippen LogP contribution in [-0.4, -0.2) is 29.0 Å². The van der Waals surface area contributed by atoms with Gasteiger partial charge in [-0.1, -0.05) is 35.3 Å². The molecule has 0 spiro atoms. The molecule has 1 fully saturated rings. The van der Waals surface area contributed by atoms with Gasteiger partial charge in [-0.2, -0.15) is 0 Å². The van der Waals surface area contributed by atoms with E-state index in [-0.39, 0.29) is 11.3 Å². The molecule has 7 nitrogen and oxygen atoms in total. The Bertz CT molecular complexity index is 1360. The Kier molecular flexibility index (Phi) is 6.50. The number of carbonyl (C=O) groups is 3. The fraction of sp³-hybridized carbons (Fsp3) is 0.160. The summed E-state index contributed by atoms with van der Waals surface area (Å²) >= 11 is 12.6. The summed E-state index contributed by atoms with van der Waals surface area (Å²) in [5.74, 6) is -1.16. The minimum Gasteiger partial charge on any atom is -0.492 e. The van der Waals surface area contributed by atoms with Gasteiger partial charge in [0.25, 0.3) is 11.8 Å². The molecule has 1 aliphatic heterocycles. The molecule has 1 aromatic heterocycles. The van der Waals surface area contributed by atoms with Crippen LogP contribution in [0.5, 0.6) is 5.75 Å². The number of benzene rings is 2. The molecule has 1 saturated heterocycles. The highest BCUT2D eigenvalue weighted by Crippen LogP contribution is 2.33. The molecule has 3 aromatic rings. The number of anilines is 1. The van der Waals surface area contributed by atoms with Gasteiger partial charge in [-0.05, 0) is 68.8 Å². The number of hydrogen-bond donors (Lipinski definition) is 1. The van der Waals surface area contributed by atoms with Crippen molar-refractivity contribution in [3.8, 4) is 11.4 Å². The molecule has 4 rings (SSSR count). The van der Waals surface area contributed by atoms with Gasteiger partial charge < -0.3 is 9.30 Å². The van der Waals surface area contributed by atoms with Crippen molar-refractivity contribution in [1.29, 1.82) is 0 Å². The summed E-state index contributed by atoms with van der Waals surface area (Å²) in [5, 5.41) is 3.27. The monoisotopic (exact) mass is 497 g/mol. The van der Waals surface area contributed by atoms with Gasteiger partial charge in [0.2, 0.25) is 0 Å². The van der Waals surface area contributed by atoms with Crippen LogP contribution in [0, 0.1) is 13.8 Å². The molecule has 9 heteroatoms. The number of nitrogens with one attached hydrogen (secondary N) is 1. The summed E-state index contributed by atoms with van der Waals surface area (Å²) in [6, 6.07) is 12.8. The van der Waals surface area contributed by atoms with E-state index in [1.54, 1.807) is 49.4 Å². The van der Waals surface area contributed by atoms with Crippen molar-refractivity contribution >= 4 is 52.8 Å². The van der Waals surface area contributed by atoms with E-state index in [9.17, 15) is 14.4 Å². The van der Waals surface area contributed by atoms with Crippen LogP contribution >= 0.6 is 23.2 Å². The molecule has 1 N–H and O–H groups in total. The molecule has 0 unspecified atom stereocenters. The highest BCUT2D eigenvalue weighted by molar-refractivity contribution is 6.39. The highest BCUT2D eigenvalue weighted by atomic mass is 35.5. The first-order chi connectivity index (χ1) is 16.2. The fourth-order valence-corrected chi connectivity index (χ4v) is 4.28. The molecule has 4 amide bonds. The van der Waals surface area contributed by atoms with E-state index in [0.717, 1.165) is 16.3 Å². The number of hydrogen-bond acceptors (Lipinski definition) is 4. The number of halogens is 2. The molecule has 0 bridgehead atoms. The first-order valence-electron chi connectivity index (χ1n) is 10.5. The van der Waals surface area contributed by atoms with Gasteiger partial charge in [0.15, 0.2) is 0 Å². The first kappa shape index (κ1) is 23.6. The highest BCUT2D eigenvalue weighted by Gasteiger charge is 2.38. The molecular weight excluding hydrogens is 477 g/mol. The zero-order valence-corrected chi connectivity index (χ0v) is 20.2. The van der Waals surface area contributed by atoms with Gasteiger partial charge in [-0.15, -0.1) is 0 Å². The molecule has 174 valence electrons. The van der Waals surface area contributed by atoms with Crippen molar-refractivity contribution in [2.45, 2.75) is 20.8 Å². The molecule has 0 saturated carbocycles. The number of urea groups is 1. The van der Waals surface area contributed by atoms with Crippen LogP contribution < -0.4 is 15.0 Å². The van der Waals surface area contributed by atoms with Crippen molar-refractivity contribution < 1.29 is 19.1 Å². The van der Waals surface area contributed by atoms with E-state index in [0.29, 0.717) is 33.7 Å². The van der Waals surface area contributed by atoms with E-state index in [1.165, 1.54) is 6.08 Å². The van der Waals surface area contributed by atoms with Gasteiger partial charge in [-0.3, -0.25) is 14.9 Å². The van der Waals surface area contributed by atoms with Crippen molar-refractivity contribution in [3.05, 3.63) is 81.1 Å². The Morgan fingerprint density at radius 1 is 1.00 bits per heavy atom. The average molecular weight is 498 g/mol. The molecule has 34 heavy (non-hydrogen) atoms. The van der Waals surface area contributed by atoms with E-state index in [2.05, 4.69) is 5.32 Å². The normalized spacial score (nSPS) is 15.1. The predicted molar refractivity (Wildman–Crippen MR) is 132 cm³/mol. The van der Waals surface area contributed by atoms with E-state index in [4.69, 9.17) is 27.9 Å². The Balaban J connectivity index is 1.79. The fourth-order valence-electron chi connectivity index (χ4n) is 3.91. The average Bonchev–Trinajstić information content (AvgIpc) is 3.07. The maximum absolute atomic E-state index is 13.4. The van der Waals surface area contributed by atoms with E-state index in [1.807, 2.05) is 24.5 Å². The van der Waals surface area contributed by atoms with Crippen molar-refractivity contribution in [2.75, 3.05) is 11.5 Å².